The summed E-state index contributed by atoms with van der Waals surface area (Å²) in [6.07, 6.45) is 2.48. The van der Waals surface area contributed by atoms with Crippen molar-refractivity contribution < 1.29 is 9.84 Å². The van der Waals surface area contributed by atoms with Gasteiger partial charge in [-0.05, 0) is 24.5 Å². The van der Waals surface area contributed by atoms with E-state index in [1.54, 1.807) is 7.11 Å². The van der Waals surface area contributed by atoms with Crippen molar-refractivity contribution in [3.8, 4) is 0 Å². The van der Waals surface area contributed by atoms with Crippen molar-refractivity contribution in [3.63, 3.8) is 0 Å². The van der Waals surface area contributed by atoms with Crippen LogP contribution in [0.1, 0.15) is 31.9 Å². The van der Waals surface area contributed by atoms with Crippen molar-refractivity contribution in [1.29, 1.82) is 0 Å². The molecule has 1 aromatic heterocycles. The first kappa shape index (κ1) is 14.3. The molecule has 0 saturated carbocycles. The third kappa shape index (κ3) is 3.45. The van der Waals surface area contributed by atoms with Crippen LogP contribution in [0, 0.1) is 5.92 Å². The van der Waals surface area contributed by atoms with Gasteiger partial charge in [0, 0.05) is 31.8 Å². The number of aliphatic hydroxyl groups excluding tert-OH is 1. The molecule has 2 rings (SSSR count). The molecule has 0 bridgehead atoms. The molecule has 0 unspecified atom stereocenters. The molecule has 106 valence electrons. The van der Waals surface area contributed by atoms with Gasteiger partial charge in [0.15, 0.2) is 0 Å². The Hall–Kier alpha value is -1.13. The van der Waals surface area contributed by atoms with Gasteiger partial charge < -0.3 is 14.7 Å². The number of rotatable bonds is 4. The lowest BCUT2D eigenvalue weighted by molar-refractivity contribution is 0.0359. The molecular formula is C15H24N2O2. The van der Waals surface area contributed by atoms with Crippen LogP contribution in [-0.2, 0) is 4.74 Å². The zero-order valence-corrected chi connectivity index (χ0v) is 12.0. The van der Waals surface area contributed by atoms with Crippen LogP contribution in [0.25, 0.3) is 0 Å². The van der Waals surface area contributed by atoms with E-state index in [9.17, 15) is 5.11 Å². The summed E-state index contributed by atoms with van der Waals surface area (Å²) in [6.45, 7) is 6.61. The van der Waals surface area contributed by atoms with E-state index in [1.165, 1.54) is 0 Å². The van der Waals surface area contributed by atoms with Crippen LogP contribution in [0.5, 0.6) is 0 Å². The molecule has 1 fully saturated rings. The van der Waals surface area contributed by atoms with E-state index in [1.807, 2.05) is 6.20 Å². The van der Waals surface area contributed by atoms with Gasteiger partial charge in [0.05, 0.1) is 24.6 Å². The molecule has 0 aromatic carbocycles. The number of hydrogen-bond donors (Lipinski definition) is 1. The van der Waals surface area contributed by atoms with Gasteiger partial charge >= 0.3 is 0 Å². The summed E-state index contributed by atoms with van der Waals surface area (Å²) in [5, 5.41) is 9.96. The molecule has 1 N–H and O–H groups in total. The fourth-order valence-corrected chi connectivity index (χ4v) is 2.56. The summed E-state index contributed by atoms with van der Waals surface area (Å²) in [7, 11) is 1.69. The van der Waals surface area contributed by atoms with Crippen molar-refractivity contribution in [2.45, 2.75) is 32.3 Å². The molecule has 1 aromatic rings. The molecule has 19 heavy (non-hydrogen) atoms. The molecule has 0 aliphatic carbocycles. The predicted molar refractivity (Wildman–Crippen MR) is 76.5 cm³/mol. The van der Waals surface area contributed by atoms with Gasteiger partial charge in [-0.15, -0.1) is 0 Å². The zero-order valence-electron chi connectivity index (χ0n) is 12.0. The molecule has 0 amide bonds. The summed E-state index contributed by atoms with van der Waals surface area (Å²) in [5.74, 6) is 0.641. The largest absolute Gasteiger partial charge is 0.393 e. The number of anilines is 1. The minimum atomic E-state index is -0.251. The molecule has 0 radical (unpaired) electrons. The number of pyridine rings is 1. The number of hydrogen-bond acceptors (Lipinski definition) is 4. The first-order valence-electron chi connectivity index (χ1n) is 6.99. The van der Waals surface area contributed by atoms with Crippen molar-refractivity contribution in [1.82, 2.24) is 4.98 Å². The first-order valence-corrected chi connectivity index (χ1v) is 6.99. The lowest BCUT2D eigenvalue weighted by Crippen LogP contribution is -2.45. The monoisotopic (exact) mass is 264 g/mol. The van der Waals surface area contributed by atoms with Crippen LogP contribution in [0.15, 0.2) is 18.3 Å². The fraction of sp³-hybridized carbons (Fsp3) is 0.667. The zero-order chi connectivity index (χ0) is 13.8. The van der Waals surface area contributed by atoms with Gasteiger partial charge in [-0.3, -0.25) is 4.98 Å². The average molecular weight is 264 g/mol. The molecule has 2 heterocycles. The van der Waals surface area contributed by atoms with E-state index < -0.39 is 0 Å². The van der Waals surface area contributed by atoms with E-state index in [-0.39, 0.29) is 12.0 Å². The molecule has 1 aliphatic heterocycles. The van der Waals surface area contributed by atoms with Crippen LogP contribution < -0.4 is 4.90 Å². The van der Waals surface area contributed by atoms with Crippen molar-refractivity contribution in [3.05, 3.63) is 24.0 Å². The Labute approximate surface area is 115 Å². The molecule has 4 nitrogen and oxygen atoms in total. The smallest absolute Gasteiger partial charge is 0.0624 e. The van der Waals surface area contributed by atoms with Crippen LogP contribution in [0.3, 0.4) is 0 Å². The van der Waals surface area contributed by atoms with Crippen molar-refractivity contribution in [2.24, 2.45) is 5.92 Å². The van der Waals surface area contributed by atoms with E-state index in [0.717, 1.165) is 30.9 Å². The SMILES string of the molecule is COC[C@@H]1CN(c2ccc(C(C)C)nc2)CC[C@@H]1O. The highest BCUT2D eigenvalue weighted by molar-refractivity contribution is 5.45. The maximum atomic E-state index is 9.96. The maximum absolute atomic E-state index is 9.96. The van der Waals surface area contributed by atoms with Crippen molar-refractivity contribution in [2.75, 3.05) is 31.7 Å². The Balaban J connectivity index is 2.05. The quantitative estimate of drug-likeness (QED) is 0.904. The Morgan fingerprint density at radius 2 is 2.26 bits per heavy atom. The summed E-state index contributed by atoms with van der Waals surface area (Å²) in [4.78, 5) is 6.79. The lowest BCUT2D eigenvalue weighted by atomic mass is 9.95. The third-order valence-corrected chi connectivity index (χ3v) is 3.80. The summed E-state index contributed by atoms with van der Waals surface area (Å²) < 4.78 is 5.18. The number of aliphatic hydroxyl groups is 1. The molecule has 4 heteroatoms. The second kappa shape index (κ2) is 6.35. The number of nitrogens with zero attached hydrogens (tertiary/aromatic N) is 2. The van der Waals surface area contributed by atoms with Gasteiger partial charge in [0.25, 0.3) is 0 Å². The number of piperidine rings is 1. The number of aromatic nitrogens is 1. The second-order valence-electron chi connectivity index (χ2n) is 5.61. The van der Waals surface area contributed by atoms with Gasteiger partial charge in [0.1, 0.15) is 0 Å². The summed E-state index contributed by atoms with van der Waals surface area (Å²) >= 11 is 0. The average Bonchev–Trinajstić information content (AvgIpc) is 2.41. The lowest BCUT2D eigenvalue weighted by Gasteiger charge is -2.37. The van der Waals surface area contributed by atoms with Crippen LogP contribution in [-0.4, -0.2) is 43.0 Å². The Bertz CT molecular complexity index is 392. The topological polar surface area (TPSA) is 45.6 Å². The number of ether oxygens (including phenoxy) is 1. The Morgan fingerprint density at radius 1 is 1.47 bits per heavy atom. The van der Waals surface area contributed by atoms with Gasteiger partial charge in [-0.1, -0.05) is 13.8 Å². The fourth-order valence-electron chi connectivity index (χ4n) is 2.56. The van der Waals surface area contributed by atoms with E-state index >= 15 is 0 Å². The summed E-state index contributed by atoms with van der Waals surface area (Å²) in [5.41, 5.74) is 2.26. The molecule has 1 aliphatic rings. The van der Waals surface area contributed by atoms with E-state index in [0.29, 0.717) is 12.5 Å². The molecule has 0 spiro atoms. The van der Waals surface area contributed by atoms with E-state index in [2.05, 4.69) is 35.9 Å². The Morgan fingerprint density at radius 3 is 2.84 bits per heavy atom. The predicted octanol–water partition coefficient (Wildman–Crippen LogP) is 2.04. The van der Waals surface area contributed by atoms with Crippen LogP contribution in [0.2, 0.25) is 0 Å². The minimum Gasteiger partial charge on any atom is -0.393 e. The standard InChI is InChI=1S/C15H24N2O2/c1-11(2)14-5-4-13(8-16-14)17-7-6-15(18)12(9-17)10-19-3/h4-5,8,11-12,15,18H,6-7,9-10H2,1-3H3/t12-,15-/m0/s1. The maximum Gasteiger partial charge on any atom is 0.0624 e. The van der Waals surface area contributed by atoms with Gasteiger partial charge in [-0.25, -0.2) is 0 Å². The number of methoxy groups -OCH3 is 1. The highest BCUT2D eigenvalue weighted by Crippen LogP contribution is 2.24. The normalized spacial score (nSPS) is 23.9. The second-order valence-corrected chi connectivity index (χ2v) is 5.61. The van der Waals surface area contributed by atoms with Gasteiger partial charge in [-0.2, -0.15) is 0 Å². The Kier molecular flexibility index (Phi) is 4.77. The van der Waals surface area contributed by atoms with Crippen LogP contribution >= 0.6 is 0 Å². The molecular weight excluding hydrogens is 240 g/mol. The minimum absolute atomic E-state index is 0.184. The highest BCUT2D eigenvalue weighted by Gasteiger charge is 2.27. The third-order valence-electron chi connectivity index (χ3n) is 3.80. The summed E-state index contributed by atoms with van der Waals surface area (Å²) in [6, 6.07) is 4.22. The first-order chi connectivity index (χ1) is 9.11. The molecule has 2 atom stereocenters. The van der Waals surface area contributed by atoms with Crippen LogP contribution in [0.4, 0.5) is 5.69 Å². The highest BCUT2D eigenvalue weighted by atomic mass is 16.5. The van der Waals surface area contributed by atoms with E-state index in [4.69, 9.17) is 4.74 Å². The van der Waals surface area contributed by atoms with Gasteiger partial charge in [0.2, 0.25) is 0 Å². The van der Waals surface area contributed by atoms with Crippen molar-refractivity contribution >= 4 is 5.69 Å². The molecule has 1 saturated heterocycles.